The second kappa shape index (κ2) is 5.09. The third-order valence-corrected chi connectivity index (χ3v) is 4.47. The molecule has 1 aliphatic heterocycles. The fraction of sp³-hybridized carbons (Fsp3) is 0.353. The molecule has 1 aromatic carbocycles. The lowest BCUT2D eigenvalue weighted by molar-refractivity contribution is -0.118. The number of phenols is 1. The zero-order valence-corrected chi connectivity index (χ0v) is 13.5. The lowest BCUT2D eigenvalue weighted by Crippen LogP contribution is -2.31. The highest BCUT2D eigenvalue weighted by Crippen LogP contribution is 2.44. The van der Waals surface area contributed by atoms with E-state index in [0.717, 1.165) is 17.7 Å². The van der Waals surface area contributed by atoms with Crippen LogP contribution in [-0.4, -0.2) is 21.2 Å². The highest BCUT2D eigenvalue weighted by molar-refractivity contribution is 6.00. The highest BCUT2D eigenvalue weighted by Gasteiger charge is 2.39. The number of nitrogens with one attached hydrogen (secondary N) is 2. The molecule has 24 heavy (non-hydrogen) atoms. The molecule has 2 heterocycles. The number of aromatic nitrogens is 2. The van der Waals surface area contributed by atoms with Crippen LogP contribution in [0.15, 0.2) is 40.2 Å². The molecule has 0 amide bonds. The largest absolute Gasteiger partial charge is 0.508 e. The summed E-state index contributed by atoms with van der Waals surface area (Å²) in [5.41, 5.74) is 2.28. The van der Waals surface area contributed by atoms with Crippen LogP contribution < -0.4 is 10.6 Å². The maximum absolute atomic E-state index is 12.9. The SMILES string of the molecule is CC1(C)CC(=O)C2=C(C1)Nc1nonc1N[C@H]2c1ccc(O)cc1. The number of rotatable bonds is 1. The summed E-state index contributed by atoms with van der Waals surface area (Å²) in [7, 11) is 0. The number of Topliss-reactive ketones (excluding diaryl/α,β-unsaturated/α-hetero) is 1. The Balaban J connectivity index is 1.86. The van der Waals surface area contributed by atoms with Gasteiger partial charge in [-0.1, -0.05) is 26.0 Å². The van der Waals surface area contributed by atoms with Crippen molar-refractivity contribution < 1.29 is 14.5 Å². The van der Waals surface area contributed by atoms with Crippen LogP contribution in [0.2, 0.25) is 0 Å². The van der Waals surface area contributed by atoms with Crippen molar-refractivity contribution in [1.29, 1.82) is 0 Å². The van der Waals surface area contributed by atoms with Crippen molar-refractivity contribution >= 4 is 17.4 Å². The molecule has 2 aromatic rings. The van der Waals surface area contributed by atoms with Gasteiger partial charge in [-0.15, -0.1) is 0 Å². The van der Waals surface area contributed by atoms with Crippen LogP contribution in [0.25, 0.3) is 0 Å². The molecule has 7 heteroatoms. The molecule has 1 aliphatic carbocycles. The van der Waals surface area contributed by atoms with Crippen molar-refractivity contribution in [2.75, 3.05) is 10.6 Å². The summed E-state index contributed by atoms with van der Waals surface area (Å²) in [6.07, 6.45) is 1.22. The van der Waals surface area contributed by atoms with Gasteiger partial charge in [0.05, 0.1) is 6.04 Å². The number of ketones is 1. The van der Waals surface area contributed by atoms with Gasteiger partial charge >= 0.3 is 0 Å². The Bertz CT molecular complexity index is 836. The predicted molar refractivity (Wildman–Crippen MR) is 87.4 cm³/mol. The van der Waals surface area contributed by atoms with Gasteiger partial charge in [-0.2, -0.15) is 0 Å². The Morgan fingerprint density at radius 1 is 1.17 bits per heavy atom. The van der Waals surface area contributed by atoms with Crippen LogP contribution in [0.5, 0.6) is 5.75 Å². The molecule has 7 nitrogen and oxygen atoms in total. The van der Waals surface area contributed by atoms with Crippen molar-refractivity contribution in [2.24, 2.45) is 5.41 Å². The Morgan fingerprint density at radius 2 is 1.88 bits per heavy atom. The van der Waals surface area contributed by atoms with E-state index in [1.54, 1.807) is 24.3 Å². The minimum atomic E-state index is -0.371. The molecule has 0 bridgehead atoms. The lowest BCUT2D eigenvalue weighted by Gasteiger charge is -2.33. The quantitative estimate of drug-likeness (QED) is 0.740. The summed E-state index contributed by atoms with van der Waals surface area (Å²) in [5, 5.41) is 23.8. The minimum Gasteiger partial charge on any atom is -0.508 e. The molecule has 0 unspecified atom stereocenters. The molecular formula is C17H18N4O3. The summed E-state index contributed by atoms with van der Waals surface area (Å²) in [4.78, 5) is 12.9. The minimum absolute atomic E-state index is 0.0985. The van der Waals surface area contributed by atoms with Gasteiger partial charge in [0.15, 0.2) is 5.78 Å². The Morgan fingerprint density at radius 3 is 2.62 bits per heavy atom. The fourth-order valence-electron chi connectivity index (χ4n) is 3.42. The lowest BCUT2D eigenvalue weighted by atomic mass is 9.73. The van der Waals surface area contributed by atoms with Crippen LogP contribution in [-0.2, 0) is 4.79 Å². The van der Waals surface area contributed by atoms with E-state index in [1.807, 2.05) is 0 Å². The molecular weight excluding hydrogens is 308 g/mol. The molecule has 0 spiro atoms. The van der Waals surface area contributed by atoms with Gasteiger partial charge in [-0.05, 0) is 39.8 Å². The van der Waals surface area contributed by atoms with Crippen molar-refractivity contribution in [3.8, 4) is 5.75 Å². The van der Waals surface area contributed by atoms with Crippen LogP contribution in [0.3, 0.4) is 0 Å². The number of phenolic OH excluding ortho intramolecular Hbond substituents is 1. The number of aromatic hydroxyl groups is 1. The standard InChI is InChI=1S/C17H18N4O3/c1-17(2)7-11-13(12(23)8-17)14(9-3-5-10(22)6-4-9)19-16-15(18-11)20-24-21-16/h3-6,14,22H,7-8H2,1-2H3,(H,18,20)(H,19,21)/t14-/m0/s1. The normalized spacial score (nSPS) is 22.1. The van der Waals surface area contributed by atoms with Crippen molar-refractivity contribution in [3.63, 3.8) is 0 Å². The number of hydrogen-bond acceptors (Lipinski definition) is 7. The molecule has 2 aliphatic rings. The molecule has 0 saturated carbocycles. The number of carbonyl (C=O) groups is 1. The van der Waals surface area contributed by atoms with Gasteiger partial charge in [0.2, 0.25) is 11.6 Å². The van der Waals surface area contributed by atoms with E-state index < -0.39 is 0 Å². The van der Waals surface area contributed by atoms with Crippen molar-refractivity contribution in [1.82, 2.24) is 10.3 Å². The van der Waals surface area contributed by atoms with Crippen LogP contribution in [0, 0.1) is 5.41 Å². The average Bonchev–Trinajstić information content (AvgIpc) is 2.86. The third-order valence-electron chi connectivity index (χ3n) is 4.47. The molecule has 1 atom stereocenters. The van der Waals surface area contributed by atoms with E-state index in [2.05, 4.69) is 34.8 Å². The van der Waals surface area contributed by atoms with Gasteiger partial charge < -0.3 is 15.7 Å². The number of nitrogens with zero attached hydrogens (tertiary/aromatic N) is 2. The predicted octanol–water partition coefficient (Wildman–Crippen LogP) is 3.00. The molecule has 3 N–H and O–H groups in total. The van der Waals surface area contributed by atoms with E-state index in [9.17, 15) is 9.90 Å². The second-order valence-electron chi connectivity index (χ2n) is 7.09. The molecule has 0 fully saturated rings. The highest BCUT2D eigenvalue weighted by atomic mass is 16.6. The number of fused-ring (bicyclic) bond motifs is 1. The average molecular weight is 326 g/mol. The summed E-state index contributed by atoms with van der Waals surface area (Å²) in [6, 6.07) is 6.43. The first-order valence-corrected chi connectivity index (χ1v) is 7.84. The van der Waals surface area contributed by atoms with E-state index in [1.165, 1.54) is 0 Å². The maximum Gasteiger partial charge on any atom is 0.219 e. The number of carbonyl (C=O) groups excluding carboxylic acids is 1. The van der Waals surface area contributed by atoms with Gasteiger partial charge in [-0.3, -0.25) is 4.79 Å². The maximum atomic E-state index is 12.9. The third kappa shape index (κ3) is 2.42. The zero-order chi connectivity index (χ0) is 16.9. The first-order chi connectivity index (χ1) is 11.4. The number of anilines is 2. The molecule has 0 radical (unpaired) electrons. The zero-order valence-electron chi connectivity index (χ0n) is 13.5. The fourth-order valence-corrected chi connectivity index (χ4v) is 3.42. The molecule has 1 aromatic heterocycles. The van der Waals surface area contributed by atoms with Crippen molar-refractivity contribution in [2.45, 2.75) is 32.7 Å². The monoisotopic (exact) mass is 326 g/mol. The first-order valence-electron chi connectivity index (χ1n) is 7.84. The van der Waals surface area contributed by atoms with Crippen LogP contribution in [0.4, 0.5) is 11.6 Å². The van der Waals surface area contributed by atoms with Gasteiger partial charge in [-0.25, -0.2) is 4.63 Å². The molecule has 4 rings (SSSR count). The number of benzene rings is 1. The van der Waals surface area contributed by atoms with Crippen molar-refractivity contribution in [3.05, 3.63) is 41.1 Å². The Kier molecular flexibility index (Phi) is 3.13. The first kappa shape index (κ1) is 14.7. The summed E-state index contributed by atoms with van der Waals surface area (Å²) in [5.74, 6) is 1.23. The number of hydrogen-bond donors (Lipinski definition) is 3. The van der Waals surface area contributed by atoms with Gasteiger partial charge in [0, 0.05) is 17.7 Å². The molecule has 0 saturated heterocycles. The van der Waals surface area contributed by atoms with E-state index in [-0.39, 0.29) is 23.0 Å². The van der Waals surface area contributed by atoms with E-state index in [0.29, 0.717) is 23.6 Å². The van der Waals surface area contributed by atoms with E-state index in [4.69, 9.17) is 4.63 Å². The topological polar surface area (TPSA) is 100 Å². The Labute approximate surface area is 138 Å². The van der Waals surface area contributed by atoms with Crippen LogP contribution in [0.1, 0.15) is 38.3 Å². The summed E-state index contributed by atoms with van der Waals surface area (Å²) in [6.45, 7) is 4.15. The number of allylic oxidation sites excluding steroid dienone is 1. The van der Waals surface area contributed by atoms with E-state index >= 15 is 0 Å². The van der Waals surface area contributed by atoms with Gasteiger partial charge in [0.25, 0.3) is 0 Å². The Hall–Kier alpha value is -2.83. The second-order valence-corrected chi connectivity index (χ2v) is 7.09. The smallest absolute Gasteiger partial charge is 0.219 e. The summed E-state index contributed by atoms with van der Waals surface area (Å²) >= 11 is 0. The molecule has 124 valence electrons. The summed E-state index contributed by atoms with van der Waals surface area (Å²) < 4.78 is 4.81. The van der Waals surface area contributed by atoms with Crippen LogP contribution >= 0.6 is 0 Å². The van der Waals surface area contributed by atoms with Gasteiger partial charge in [0.1, 0.15) is 5.75 Å².